The lowest BCUT2D eigenvalue weighted by atomic mass is 10.2. The maximum atomic E-state index is 8.36. The third kappa shape index (κ3) is 1.80. The van der Waals surface area contributed by atoms with Crippen molar-refractivity contribution in [2.75, 3.05) is 0 Å². The zero-order valence-electron chi connectivity index (χ0n) is 7.29. The Hall–Kier alpha value is -1.68. The van der Waals surface area contributed by atoms with E-state index in [0.717, 1.165) is 15.3 Å². The number of pyridine rings is 1. The molecular weight excluding hydrogens is 196 g/mol. The lowest BCUT2D eigenvalue weighted by Crippen LogP contribution is -1.72. The van der Waals surface area contributed by atoms with Gasteiger partial charge in [0.15, 0.2) is 0 Å². The van der Waals surface area contributed by atoms with Crippen LogP contribution in [-0.2, 0) is 0 Å². The van der Waals surface area contributed by atoms with Gasteiger partial charge in [0.25, 0.3) is 0 Å². The van der Waals surface area contributed by atoms with Crippen molar-refractivity contribution in [1.82, 2.24) is 4.98 Å². The Morgan fingerprint density at radius 3 is 3.00 bits per heavy atom. The topological polar surface area (TPSA) is 45.5 Å². The zero-order chi connectivity index (χ0) is 9.80. The van der Waals surface area contributed by atoms with Crippen LogP contribution in [0.2, 0.25) is 0 Å². The highest BCUT2D eigenvalue weighted by Crippen LogP contribution is 2.26. The fourth-order valence-electron chi connectivity index (χ4n) is 1.14. The van der Waals surface area contributed by atoms with Gasteiger partial charge in [0.2, 0.25) is 0 Å². The van der Waals surface area contributed by atoms with Gasteiger partial charge in [-0.2, -0.15) is 0 Å². The number of hydrogen-bond acceptors (Lipinski definition) is 4. The molecule has 0 fully saturated rings. The van der Waals surface area contributed by atoms with E-state index in [4.69, 9.17) is 5.21 Å². The van der Waals surface area contributed by atoms with E-state index in [-0.39, 0.29) is 0 Å². The monoisotopic (exact) mass is 204 g/mol. The molecule has 3 nitrogen and oxygen atoms in total. The maximum absolute atomic E-state index is 8.36. The van der Waals surface area contributed by atoms with E-state index in [2.05, 4.69) is 10.1 Å². The van der Waals surface area contributed by atoms with Crippen LogP contribution in [0.1, 0.15) is 4.88 Å². The molecule has 70 valence electrons. The molecule has 2 aromatic rings. The molecule has 0 aliphatic rings. The first-order chi connectivity index (χ1) is 6.90. The number of thiophene rings is 1. The van der Waals surface area contributed by atoms with Gasteiger partial charge in [-0.05, 0) is 18.2 Å². The molecule has 2 heterocycles. The van der Waals surface area contributed by atoms with Gasteiger partial charge in [0.1, 0.15) is 0 Å². The van der Waals surface area contributed by atoms with Crippen molar-refractivity contribution in [2.45, 2.75) is 0 Å². The van der Waals surface area contributed by atoms with E-state index in [1.165, 1.54) is 6.21 Å². The number of aromatic nitrogens is 1. The molecular formula is C10H8N2OS. The quantitative estimate of drug-likeness (QED) is 0.464. The highest BCUT2D eigenvalue weighted by atomic mass is 32.1. The standard InChI is InChI=1S/C10H8N2OS/c13-12-7-9-3-4-10(14-9)8-2-1-5-11-6-8/h1-7,13H. The van der Waals surface area contributed by atoms with E-state index in [1.807, 2.05) is 30.5 Å². The molecule has 0 aromatic carbocycles. The van der Waals surface area contributed by atoms with Crippen LogP contribution in [0, 0.1) is 0 Å². The minimum absolute atomic E-state index is 0.923. The van der Waals surface area contributed by atoms with Gasteiger partial charge in [-0.1, -0.05) is 11.2 Å². The Morgan fingerprint density at radius 1 is 1.36 bits per heavy atom. The van der Waals surface area contributed by atoms with Crippen LogP contribution in [0.3, 0.4) is 0 Å². The number of rotatable bonds is 2. The van der Waals surface area contributed by atoms with Crippen LogP contribution in [0.15, 0.2) is 41.8 Å². The van der Waals surface area contributed by atoms with E-state index in [1.54, 1.807) is 17.5 Å². The predicted octanol–water partition coefficient (Wildman–Crippen LogP) is 2.62. The second kappa shape index (κ2) is 4.02. The average molecular weight is 204 g/mol. The minimum atomic E-state index is 0.923. The van der Waals surface area contributed by atoms with E-state index < -0.39 is 0 Å². The third-order valence-electron chi connectivity index (χ3n) is 1.76. The Kier molecular flexibility index (Phi) is 2.55. The summed E-state index contributed by atoms with van der Waals surface area (Å²) in [5.74, 6) is 0. The third-order valence-corrected chi connectivity index (χ3v) is 2.83. The summed E-state index contributed by atoms with van der Waals surface area (Å²) in [7, 11) is 0. The summed E-state index contributed by atoms with van der Waals surface area (Å²) in [5, 5.41) is 11.3. The summed E-state index contributed by atoms with van der Waals surface area (Å²) in [6, 6.07) is 7.79. The molecule has 4 heteroatoms. The highest BCUT2D eigenvalue weighted by Gasteiger charge is 2.00. The maximum Gasteiger partial charge on any atom is 0.0833 e. The summed E-state index contributed by atoms with van der Waals surface area (Å²) >= 11 is 1.56. The van der Waals surface area contributed by atoms with E-state index in [9.17, 15) is 0 Å². The molecule has 0 bridgehead atoms. The van der Waals surface area contributed by atoms with Gasteiger partial charge < -0.3 is 5.21 Å². The van der Waals surface area contributed by atoms with Crippen LogP contribution >= 0.6 is 11.3 Å². The van der Waals surface area contributed by atoms with Crippen LogP contribution in [0.4, 0.5) is 0 Å². The molecule has 0 amide bonds. The molecule has 1 N–H and O–H groups in total. The molecule has 0 unspecified atom stereocenters. The number of nitrogens with zero attached hydrogens (tertiary/aromatic N) is 2. The SMILES string of the molecule is ON=Cc1ccc(-c2cccnc2)s1. The fourth-order valence-corrected chi connectivity index (χ4v) is 2.01. The van der Waals surface area contributed by atoms with Gasteiger partial charge in [-0.15, -0.1) is 11.3 Å². The molecule has 0 spiro atoms. The lowest BCUT2D eigenvalue weighted by molar-refractivity contribution is 0.322. The van der Waals surface area contributed by atoms with Crippen LogP contribution < -0.4 is 0 Å². The van der Waals surface area contributed by atoms with Crippen LogP contribution in [0.5, 0.6) is 0 Å². The molecule has 0 radical (unpaired) electrons. The Bertz CT molecular complexity index is 436. The van der Waals surface area contributed by atoms with Crippen LogP contribution in [0.25, 0.3) is 10.4 Å². The lowest BCUT2D eigenvalue weighted by Gasteiger charge is -1.93. The van der Waals surface area contributed by atoms with Crippen LogP contribution in [-0.4, -0.2) is 16.4 Å². The first kappa shape index (κ1) is 8.90. The van der Waals surface area contributed by atoms with Gasteiger partial charge in [0.05, 0.1) is 6.21 Å². The largest absolute Gasteiger partial charge is 0.411 e. The molecule has 0 aliphatic heterocycles. The first-order valence-corrected chi connectivity index (χ1v) is 4.89. The molecule has 0 atom stereocenters. The van der Waals surface area contributed by atoms with Crippen molar-refractivity contribution >= 4 is 17.6 Å². The zero-order valence-corrected chi connectivity index (χ0v) is 8.11. The van der Waals surface area contributed by atoms with Crippen molar-refractivity contribution in [3.63, 3.8) is 0 Å². The van der Waals surface area contributed by atoms with Gasteiger partial charge >= 0.3 is 0 Å². The molecule has 2 rings (SSSR count). The molecule has 0 saturated carbocycles. The normalized spacial score (nSPS) is 10.9. The van der Waals surface area contributed by atoms with Crippen molar-refractivity contribution in [3.05, 3.63) is 41.5 Å². The van der Waals surface area contributed by atoms with Crippen molar-refractivity contribution in [1.29, 1.82) is 0 Å². The second-order valence-corrected chi connectivity index (χ2v) is 3.80. The Morgan fingerprint density at radius 2 is 2.29 bits per heavy atom. The van der Waals surface area contributed by atoms with Gasteiger partial charge in [-0.3, -0.25) is 4.98 Å². The average Bonchev–Trinajstić information content (AvgIpc) is 2.68. The summed E-state index contributed by atoms with van der Waals surface area (Å²) in [4.78, 5) is 6.08. The highest BCUT2D eigenvalue weighted by molar-refractivity contribution is 7.17. The van der Waals surface area contributed by atoms with Crippen molar-refractivity contribution in [3.8, 4) is 10.4 Å². The van der Waals surface area contributed by atoms with E-state index >= 15 is 0 Å². The molecule has 0 aliphatic carbocycles. The van der Waals surface area contributed by atoms with Crippen molar-refractivity contribution in [2.24, 2.45) is 5.16 Å². The number of oxime groups is 1. The summed E-state index contributed by atoms with van der Waals surface area (Å²) in [5.41, 5.74) is 1.08. The summed E-state index contributed by atoms with van der Waals surface area (Å²) < 4.78 is 0. The summed E-state index contributed by atoms with van der Waals surface area (Å²) in [6.45, 7) is 0. The number of hydrogen-bond donors (Lipinski definition) is 1. The Labute approximate surface area is 85.4 Å². The van der Waals surface area contributed by atoms with Gasteiger partial charge in [0, 0.05) is 27.7 Å². The molecule has 0 saturated heterocycles. The smallest absolute Gasteiger partial charge is 0.0833 e. The second-order valence-electron chi connectivity index (χ2n) is 2.69. The predicted molar refractivity (Wildman–Crippen MR) is 56.9 cm³/mol. The summed E-state index contributed by atoms with van der Waals surface area (Å²) in [6.07, 6.45) is 4.98. The molecule has 2 aromatic heterocycles. The Balaban J connectivity index is 2.34. The van der Waals surface area contributed by atoms with Gasteiger partial charge in [-0.25, -0.2) is 0 Å². The minimum Gasteiger partial charge on any atom is -0.411 e. The fraction of sp³-hybridized carbons (Fsp3) is 0. The first-order valence-electron chi connectivity index (χ1n) is 4.08. The van der Waals surface area contributed by atoms with E-state index in [0.29, 0.717) is 0 Å². The molecule has 14 heavy (non-hydrogen) atoms. The van der Waals surface area contributed by atoms with Crippen molar-refractivity contribution < 1.29 is 5.21 Å².